The van der Waals surface area contributed by atoms with Crippen LogP contribution in [0.25, 0.3) is 16.6 Å². The summed E-state index contributed by atoms with van der Waals surface area (Å²) < 4.78 is 7.31. The molecule has 0 saturated heterocycles. The van der Waals surface area contributed by atoms with Gasteiger partial charge in [0.2, 0.25) is 0 Å². The average Bonchev–Trinajstić information content (AvgIpc) is 2.86. The van der Waals surface area contributed by atoms with Crippen LogP contribution >= 0.6 is 0 Å². The largest absolute Gasteiger partial charge is 0.497 e. The Bertz CT molecular complexity index is 785. The highest BCUT2D eigenvalue weighted by atomic mass is 16.5. The van der Waals surface area contributed by atoms with E-state index in [1.807, 2.05) is 42.6 Å². The number of aromatic nitrogens is 1. The lowest BCUT2D eigenvalue weighted by Crippen LogP contribution is -1.95. The Hall–Kier alpha value is -2.55. The summed E-state index contributed by atoms with van der Waals surface area (Å²) in [7, 11) is 1.66. The Kier molecular flexibility index (Phi) is 3.48. The second-order valence-electron chi connectivity index (χ2n) is 5.12. The summed E-state index contributed by atoms with van der Waals surface area (Å²) in [5, 5.41) is 1.13. The third-order valence-electron chi connectivity index (χ3n) is 3.58. The minimum Gasteiger partial charge on any atom is -0.497 e. The molecule has 0 aliphatic heterocycles. The highest BCUT2D eigenvalue weighted by Gasteiger charge is 2.10. The van der Waals surface area contributed by atoms with E-state index in [-0.39, 0.29) is 5.78 Å². The number of benzene rings is 2. The Labute approximate surface area is 123 Å². The Morgan fingerprint density at radius 2 is 1.81 bits per heavy atom. The fourth-order valence-electron chi connectivity index (χ4n) is 2.62. The van der Waals surface area contributed by atoms with Crippen molar-refractivity contribution in [3.8, 4) is 11.4 Å². The lowest BCUT2D eigenvalue weighted by atomic mass is 10.1. The van der Waals surface area contributed by atoms with Gasteiger partial charge in [-0.1, -0.05) is 18.2 Å². The van der Waals surface area contributed by atoms with E-state index < -0.39 is 0 Å². The maximum atomic E-state index is 11.5. The van der Waals surface area contributed by atoms with Crippen LogP contribution in [0.3, 0.4) is 0 Å². The molecule has 3 heteroatoms. The van der Waals surface area contributed by atoms with Gasteiger partial charge in [0.15, 0.2) is 0 Å². The van der Waals surface area contributed by atoms with Crippen LogP contribution in [0.2, 0.25) is 0 Å². The van der Waals surface area contributed by atoms with Crippen molar-refractivity contribution < 1.29 is 9.53 Å². The maximum absolute atomic E-state index is 11.5. The molecule has 1 heterocycles. The molecule has 0 unspecified atom stereocenters. The van der Waals surface area contributed by atoms with Gasteiger partial charge in [-0.2, -0.15) is 0 Å². The van der Waals surface area contributed by atoms with E-state index >= 15 is 0 Å². The van der Waals surface area contributed by atoms with Gasteiger partial charge in [0.1, 0.15) is 11.5 Å². The molecule has 21 heavy (non-hydrogen) atoms. The molecular formula is C18H17NO2. The molecule has 0 amide bonds. The molecular weight excluding hydrogens is 262 g/mol. The van der Waals surface area contributed by atoms with Crippen molar-refractivity contribution >= 4 is 16.7 Å². The molecule has 0 saturated carbocycles. The molecule has 1 aromatic heterocycles. The molecule has 3 aromatic rings. The van der Waals surface area contributed by atoms with Crippen molar-refractivity contribution in [1.82, 2.24) is 4.57 Å². The molecule has 0 bridgehead atoms. The molecule has 106 valence electrons. The fraction of sp³-hybridized carbons (Fsp3) is 0.167. The van der Waals surface area contributed by atoms with Gasteiger partial charge in [0.25, 0.3) is 0 Å². The van der Waals surface area contributed by atoms with Gasteiger partial charge in [-0.25, -0.2) is 0 Å². The van der Waals surface area contributed by atoms with Crippen LogP contribution < -0.4 is 4.74 Å². The second-order valence-corrected chi connectivity index (χ2v) is 5.12. The predicted octanol–water partition coefficient (Wildman–Crippen LogP) is 3.77. The number of para-hydroxylation sites is 1. The molecule has 2 aromatic carbocycles. The SMILES string of the molecule is COc1ccc(-n2cc(CC(C)=O)c3ccccc32)cc1. The normalized spacial score (nSPS) is 10.8. The van der Waals surface area contributed by atoms with Gasteiger partial charge in [-0.15, -0.1) is 0 Å². The molecule has 0 aliphatic rings. The molecule has 0 N–H and O–H groups in total. The van der Waals surface area contributed by atoms with Gasteiger partial charge >= 0.3 is 0 Å². The van der Waals surface area contributed by atoms with E-state index in [0.29, 0.717) is 6.42 Å². The quantitative estimate of drug-likeness (QED) is 0.728. The van der Waals surface area contributed by atoms with Crippen molar-refractivity contribution in [3.63, 3.8) is 0 Å². The topological polar surface area (TPSA) is 31.2 Å². The zero-order valence-corrected chi connectivity index (χ0v) is 12.2. The van der Waals surface area contributed by atoms with E-state index in [9.17, 15) is 4.79 Å². The first-order valence-corrected chi connectivity index (χ1v) is 6.92. The van der Waals surface area contributed by atoms with Gasteiger partial charge in [0, 0.05) is 23.7 Å². The third kappa shape index (κ3) is 2.55. The van der Waals surface area contributed by atoms with E-state index in [0.717, 1.165) is 27.9 Å². The van der Waals surface area contributed by atoms with Crippen molar-refractivity contribution in [2.75, 3.05) is 7.11 Å². The molecule has 0 aliphatic carbocycles. The summed E-state index contributed by atoms with van der Waals surface area (Å²) in [6.07, 6.45) is 2.51. The monoisotopic (exact) mass is 279 g/mol. The highest BCUT2D eigenvalue weighted by molar-refractivity contribution is 5.90. The predicted molar refractivity (Wildman–Crippen MR) is 84.2 cm³/mol. The van der Waals surface area contributed by atoms with E-state index in [1.165, 1.54) is 0 Å². The van der Waals surface area contributed by atoms with Gasteiger partial charge in [-0.05, 0) is 42.8 Å². The summed E-state index contributed by atoms with van der Waals surface area (Å²) in [5.74, 6) is 1.01. The minimum atomic E-state index is 0.174. The third-order valence-corrected chi connectivity index (χ3v) is 3.58. The summed E-state index contributed by atoms with van der Waals surface area (Å²) in [6.45, 7) is 1.62. The van der Waals surface area contributed by atoms with Crippen LogP contribution in [-0.2, 0) is 11.2 Å². The van der Waals surface area contributed by atoms with Crippen LogP contribution in [0, 0.1) is 0 Å². The van der Waals surface area contributed by atoms with E-state index in [2.05, 4.69) is 16.7 Å². The molecule has 0 spiro atoms. The van der Waals surface area contributed by atoms with Crippen LogP contribution in [-0.4, -0.2) is 17.5 Å². The van der Waals surface area contributed by atoms with Gasteiger partial charge < -0.3 is 9.30 Å². The number of ketones is 1. The standard InChI is InChI=1S/C18H17NO2/c1-13(20)11-14-12-19(18-6-4-3-5-17(14)18)15-7-9-16(21-2)10-8-15/h3-10,12H,11H2,1-2H3. The number of hydrogen-bond donors (Lipinski definition) is 0. The number of Topliss-reactive ketones (excluding diaryl/α,β-unsaturated/α-hetero) is 1. The number of rotatable bonds is 4. The number of carbonyl (C=O) groups excluding carboxylic acids is 1. The number of hydrogen-bond acceptors (Lipinski definition) is 2. The lowest BCUT2D eigenvalue weighted by molar-refractivity contribution is -0.116. The lowest BCUT2D eigenvalue weighted by Gasteiger charge is -2.06. The summed E-state index contributed by atoms with van der Waals surface area (Å²) >= 11 is 0. The summed E-state index contributed by atoms with van der Waals surface area (Å²) in [4.78, 5) is 11.5. The smallest absolute Gasteiger partial charge is 0.134 e. The van der Waals surface area contributed by atoms with E-state index in [1.54, 1.807) is 14.0 Å². The second kappa shape index (κ2) is 5.44. The Balaban J connectivity index is 2.15. The fourth-order valence-corrected chi connectivity index (χ4v) is 2.62. The first-order valence-electron chi connectivity index (χ1n) is 6.92. The number of fused-ring (bicyclic) bond motifs is 1. The van der Waals surface area contributed by atoms with Crippen LogP contribution in [0.15, 0.2) is 54.7 Å². The first kappa shape index (κ1) is 13.4. The minimum absolute atomic E-state index is 0.174. The summed E-state index contributed by atoms with van der Waals surface area (Å²) in [6, 6.07) is 16.1. The number of carbonyl (C=O) groups is 1. The van der Waals surface area contributed by atoms with E-state index in [4.69, 9.17) is 4.74 Å². The van der Waals surface area contributed by atoms with Gasteiger partial charge in [-0.3, -0.25) is 4.79 Å². The number of ether oxygens (including phenoxy) is 1. The summed E-state index contributed by atoms with van der Waals surface area (Å²) in [5.41, 5.74) is 3.23. The molecule has 0 atom stereocenters. The first-order chi connectivity index (χ1) is 10.2. The van der Waals surface area contributed by atoms with Crippen molar-refractivity contribution in [3.05, 3.63) is 60.3 Å². The highest BCUT2D eigenvalue weighted by Crippen LogP contribution is 2.26. The number of nitrogens with zero attached hydrogens (tertiary/aromatic N) is 1. The Morgan fingerprint density at radius 3 is 2.48 bits per heavy atom. The van der Waals surface area contributed by atoms with Crippen molar-refractivity contribution in [1.29, 1.82) is 0 Å². The zero-order valence-electron chi connectivity index (χ0n) is 12.2. The molecule has 3 rings (SSSR count). The molecule has 0 fully saturated rings. The Morgan fingerprint density at radius 1 is 1.10 bits per heavy atom. The molecule has 0 radical (unpaired) electrons. The molecule has 3 nitrogen and oxygen atoms in total. The number of methoxy groups -OCH3 is 1. The van der Waals surface area contributed by atoms with Crippen LogP contribution in [0.1, 0.15) is 12.5 Å². The van der Waals surface area contributed by atoms with Crippen LogP contribution in [0.5, 0.6) is 5.75 Å². The van der Waals surface area contributed by atoms with Crippen molar-refractivity contribution in [2.45, 2.75) is 13.3 Å². The zero-order chi connectivity index (χ0) is 14.8. The maximum Gasteiger partial charge on any atom is 0.134 e. The van der Waals surface area contributed by atoms with Crippen LogP contribution in [0.4, 0.5) is 0 Å². The van der Waals surface area contributed by atoms with Gasteiger partial charge in [0.05, 0.1) is 12.6 Å². The average molecular weight is 279 g/mol. The van der Waals surface area contributed by atoms with Crippen molar-refractivity contribution in [2.24, 2.45) is 0 Å².